The Morgan fingerprint density at radius 3 is 2.48 bits per heavy atom. The zero-order valence-electron chi connectivity index (χ0n) is 10.5. The molecule has 0 aliphatic carbocycles. The number of hydrogen-bond acceptors (Lipinski definition) is 4. The minimum atomic E-state index is -0.481. The number of aromatic nitrogens is 1. The van der Waals surface area contributed by atoms with E-state index in [0.717, 1.165) is 9.86 Å². The van der Waals surface area contributed by atoms with Crippen LogP contribution in [0.3, 0.4) is 0 Å². The van der Waals surface area contributed by atoms with Crippen molar-refractivity contribution in [3.05, 3.63) is 56.7 Å². The first kappa shape index (κ1) is 15.5. The molecule has 0 spiro atoms. The lowest BCUT2D eigenvalue weighted by molar-refractivity contribution is 0.460. The van der Waals surface area contributed by atoms with E-state index in [4.69, 9.17) is 15.5 Å². The Kier molecular flexibility index (Phi) is 4.94. The maximum absolute atomic E-state index is 12.5. The predicted octanol–water partition coefficient (Wildman–Crippen LogP) is 4.63. The Morgan fingerprint density at radius 1 is 1.14 bits per heavy atom. The molecular formula is C14H8Br2FN3O. The lowest BCUT2D eigenvalue weighted by Gasteiger charge is -1.91. The van der Waals surface area contributed by atoms with Gasteiger partial charge in [0.1, 0.15) is 11.9 Å². The van der Waals surface area contributed by atoms with E-state index in [1.165, 1.54) is 12.1 Å². The zero-order valence-corrected chi connectivity index (χ0v) is 13.7. The van der Waals surface area contributed by atoms with E-state index < -0.39 is 5.82 Å². The fourth-order valence-electron chi connectivity index (χ4n) is 1.51. The monoisotopic (exact) mass is 411 g/mol. The molecule has 0 unspecified atom stereocenters. The molecule has 0 fully saturated rings. The molecule has 0 radical (unpaired) electrons. The first-order valence-corrected chi connectivity index (χ1v) is 7.25. The third kappa shape index (κ3) is 3.80. The Hall–Kier alpha value is -1.91. The van der Waals surface area contributed by atoms with Crippen LogP contribution in [-0.4, -0.2) is 5.16 Å². The molecule has 4 nitrogen and oxygen atoms in total. The number of nitrogen functional groups attached to an aromatic ring is 1. The van der Waals surface area contributed by atoms with Gasteiger partial charge in [0.2, 0.25) is 0 Å². The van der Waals surface area contributed by atoms with Gasteiger partial charge in [-0.2, -0.15) is 5.26 Å². The summed E-state index contributed by atoms with van der Waals surface area (Å²) in [6, 6.07) is 11.6. The van der Waals surface area contributed by atoms with Crippen molar-refractivity contribution in [1.29, 1.82) is 5.26 Å². The number of nitrogens with zero attached hydrogens (tertiary/aromatic N) is 2. The largest absolute Gasteiger partial charge is 0.380 e. The molecule has 0 aliphatic heterocycles. The summed E-state index contributed by atoms with van der Waals surface area (Å²) in [6.45, 7) is 0. The highest BCUT2D eigenvalue weighted by Gasteiger charge is 2.03. The van der Waals surface area contributed by atoms with Crippen molar-refractivity contribution < 1.29 is 8.91 Å². The summed E-state index contributed by atoms with van der Waals surface area (Å²) in [5.74, 6) is -0.0491. The molecule has 0 aliphatic rings. The number of nitriles is 1. The molecule has 106 valence electrons. The van der Waals surface area contributed by atoms with E-state index in [1.54, 1.807) is 12.1 Å². The first-order valence-electron chi connectivity index (χ1n) is 5.67. The fraction of sp³-hybridized carbons (Fsp3) is 0. The van der Waals surface area contributed by atoms with Crippen molar-refractivity contribution in [2.75, 3.05) is 5.73 Å². The number of hydrogen-bond donors (Lipinski definition) is 1. The molecule has 2 N–H and O–H groups in total. The van der Waals surface area contributed by atoms with Crippen LogP contribution in [0, 0.1) is 17.1 Å². The lowest BCUT2D eigenvalue weighted by Crippen LogP contribution is -1.82. The van der Waals surface area contributed by atoms with E-state index >= 15 is 0 Å². The number of fused-ring (bicyclic) bond motifs is 1. The van der Waals surface area contributed by atoms with Crippen molar-refractivity contribution in [3.63, 3.8) is 0 Å². The number of benzene rings is 2. The molecule has 0 saturated heterocycles. The second-order valence-electron chi connectivity index (χ2n) is 3.94. The average molecular weight is 413 g/mol. The summed E-state index contributed by atoms with van der Waals surface area (Å²) < 4.78 is 19.1. The zero-order chi connectivity index (χ0) is 15.4. The highest BCUT2D eigenvalue weighted by Crippen LogP contribution is 2.23. The molecule has 3 rings (SSSR count). The van der Waals surface area contributed by atoms with Crippen molar-refractivity contribution >= 4 is 48.6 Å². The molecule has 7 heteroatoms. The second kappa shape index (κ2) is 6.70. The third-order valence-electron chi connectivity index (χ3n) is 2.51. The summed E-state index contributed by atoms with van der Waals surface area (Å²) in [6.07, 6.45) is 0. The molecular weight excluding hydrogens is 405 g/mol. The molecule has 2 aromatic carbocycles. The van der Waals surface area contributed by atoms with Gasteiger partial charge in [-0.15, -0.1) is 0 Å². The van der Waals surface area contributed by atoms with Crippen LogP contribution in [0.25, 0.3) is 11.0 Å². The van der Waals surface area contributed by atoms with Crippen LogP contribution >= 0.6 is 31.9 Å². The third-order valence-corrected chi connectivity index (χ3v) is 3.50. The molecule has 0 saturated carbocycles. The average Bonchev–Trinajstić information content (AvgIpc) is 2.83. The second-order valence-corrected chi connectivity index (χ2v) is 5.78. The summed E-state index contributed by atoms with van der Waals surface area (Å²) in [4.78, 5) is 0. The molecule has 1 aromatic heterocycles. The van der Waals surface area contributed by atoms with Crippen LogP contribution in [0.15, 0.2) is 49.9 Å². The van der Waals surface area contributed by atoms with Crippen molar-refractivity contribution in [3.8, 4) is 6.07 Å². The van der Waals surface area contributed by atoms with Gasteiger partial charge in [-0.25, -0.2) is 4.39 Å². The highest BCUT2D eigenvalue weighted by atomic mass is 79.9. The Bertz CT molecular complexity index is 827. The van der Waals surface area contributed by atoms with E-state index in [1.807, 2.05) is 18.2 Å². The SMILES string of the molecule is N#Cc1cc(Br)ccc1F.Nc1noc2ccc(Br)cc12. The number of rotatable bonds is 0. The topological polar surface area (TPSA) is 75.8 Å². The highest BCUT2D eigenvalue weighted by molar-refractivity contribution is 9.10. The van der Waals surface area contributed by atoms with Crippen LogP contribution in [0.5, 0.6) is 0 Å². The predicted molar refractivity (Wildman–Crippen MR) is 84.9 cm³/mol. The van der Waals surface area contributed by atoms with Gasteiger partial charge in [0.15, 0.2) is 11.4 Å². The Labute approximate surface area is 136 Å². The minimum Gasteiger partial charge on any atom is -0.380 e. The molecule has 0 atom stereocenters. The van der Waals surface area contributed by atoms with E-state index in [0.29, 0.717) is 15.9 Å². The summed E-state index contributed by atoms with van der Waals surface area (Å²) in [5.41, 5.74) is 6.30. The van der Waals surface area contributed by atoms with Crippen LogP contribution in [0.4, 0.5) is 10.2 Å². The molecule has 21 heavy (non-hydrogen) atoms. The molecule has 3 aromatic rings. The van der Waals surface area contributed by atoms with E-state index in [9.17, 15) is 4.39 Å². The van der Waals surface area contributed by atoms with Crippen LogP contribution < -0.4 is 5.73 Å². The molecule has 0 bridgehead atoms. The van der Waals surface area contributed by atoms with Gasteiger partial charge in [0, 0.05) is 8.95 Å². The lowest BCUT2D eigenvalue weighted by atomic mass is 10.2. The normalized spacial score (nSPS) is 9.81. The van der Waals surface area contributed by atoms with Gasteiger partial charge in [0.25, 0.3) is 0 Å². The van der Waals surface area contributed by atoms with Crippen molar-refractivity contribution in [2.24, 2.45) is 0 Å². The minimum absolute atomic E-state index is 0.0642. The quantitative estimate of drug-likeness (QED) is 0.583. The summed E-state index contributed by atoms with van der Waals surface area (Å²) in [5, 5.41) is 12.8. The number of nitrogens with two attached hydrogens (primary N) is 1. The standard InChI is InChI=1S/C7H3BrFN.C7H5BrN2O/c8-6-1-2-7(9)5(3-6)4-10;8-4-1-2-6-5(3-4)7(9)10-11-6/h1-3H;1-3H,(H2,9,10). The van der Waals surface area contributed by atoms with E-state index in [-0.39, 0.29) is 5.56 Å². The van der Waals surface area contributed by atoms with Gasteiger partial charge >= 0.3 is 0 Å². The van der Waals surface area contributed by atoms with Gasteiger partial charge in [0.05, 0.1) is 10.9 Å². The Morgan fingerprint density at radius 2 is 1.81 bits per heavy atom. The molecule has 0 amide bonds. The fourth-order valence-corrected chi connectivity index (χ4v) is 2.23. The van der Waals surface area contributed by atoms with Gasteiger partial charge < -0.3 is 10.3 Å². The van der Waals surface area contributed by atoms with Crippen LogP contribution in [0.1, 0.15) is 5.56 Å². The molecule has 1 heterocycles. The van der Waals surface area contributed by atoms with Gasteiger partial charge in [-0.05, 0) is 36.4 Å². The number of halogens is 3. The maximum atomic E-state index is 12.5. The number of anilines is 1. The summed E-state index contributed by atoms with van der Waals surface area (Å²) >= 11 is 6.45. The van der Waals surface area contributed by atoms with Gasteiger partial charge in [-0.1, -0.05) is 37.0 Å². The maximum Gasteiger partial charge on any atom is 0.174 e. The summed E-state index contributed by atoms with van der Waals surface area (Å²) in [7, 11) is 0. The van der Waals surface area contributed by atoms with E-state index in [2.05, 4.69) is 37.0 Å². The van der Waals surface area contributed by atoms with Crippen molar-refractivity contribution in [1.82, 2.24) is 5.16 Å². The van der Waals surface area contributed by atoms with Gasteiger partial charge in [-0.3, -0.25) is 0 Å². The smallest absolute Gasteiger partial charge is 0.174 e. The van der Waals surface area contributed by atoms with Crippen LogP contribution in [0.2, 0.25) is 0 Å². The van der Waals surface area contributed by atoms with Crippen molar-refractivity contribution in [2.45, 2.75) is 0 Å². The first-order chi connectivity index (χ1) is 10.0. The Balaban J connectivity index is 0.000000155. The van der Waals surface area contributed by atoms with Crippen LogP contribution in [-0.2, 0) is 0 Å².